The highest BCUT2D eigenvalue weighted by atomic mass is 35.5. The van der Waals surface area contributed by atoms with Crippen molar-refractivity contribution in [1.82, 2.24) is 0 Å². The maximum atomic E-state index is 5.84. The predicted octanol–water partition coefficient (Wildman–Crippen LogP) is 2.35. The van der Waals surface area contributed by atoms with Crippen LogP contribution in [-0.4, -0.2) is 25.8 Å². The molecule has 1 aromatic carbocycles. The molecule has 1 fully saturated rings. The van der Waals surface area contributed by atoms with Gasteiger partial charge in [0.25, 0.3) is 0 Å². The first kappa shape index (κ1) is 14.3. The highest BCUT2D eigenvalue weighted by molar-refractivity contribution is 5.85. The van der Waals surface area contributed by atoms with Crippen molar-refractivity contribution < 1.29 is 4.74 Å². The molecule has 0 aromatic heterocycles. The van der Waals surface area contributed by atoms with Crippen LogP contribution in [0.25, 0.3) is 0 Å². The Morgan fingerprint density at radius 3 is 2.53 bits per heavy atom. The van der Waals surface area contributed by atoms with Crippen molar-refractivity contribution >= 4 is 18.1 Å². The van der Waals surface area contributed by atoms with Crippen molar-refractivity contribution in [1.29, 1.82) is 0 Å². The lowest BCUT2D eigenvalue weighted by atomic mass is 10.1. The molecule has 2 atom stereocenters. The fraction of sp³-hybridized carbons (Fsp3) is 0.538. The maximum Gasteiger partial charge on any atom is 0.0668 e. The fourth-order valence-electron chi connectivity index (χ4n) is 2.08. The molecule has 0 saturated carbocycles. The number of halogens is 1. The summed E-state index contributed by atoms with van der Waals surface area (Å²) in [5, 5.41) is 0. The average Bonchev–Trinajstić information content (AvgIpc) is 2.30. The standard InChI is InChI=1S/C13H20N2O.ClH/c1-10-9-16-8-7-15(10)13-5-3-12(4-6-13)11(2)14;/h3-6,10-11H,7-9,14H2,1-2H3;1H/t10-,11?;/m0./s1. The molecule has 0 radical (unpaired) electrons. The summed E-state index contributed by atoms with van der Waals surface area (Å²) in [6.45, 7) is 6.80. The molecular weight excluding hydrogens is 236 g/mol. The van der Waals surface area contributed by atoms with Gasteiger partial charge in [0.2, 0.25) is 0 Å². The SMILES string of the molecule is CC(N)c1ccc(N2CCOC[C@@H]2C)cc1.Cl. The van der Waals surface area contributed by atoms with Crippen molar-refractivity contribution in [3.05, 3.63) is 29.8 Å². The Labute approximate surface area is 109 Å². The lowest BCUT2D eigenvalue weighted by Gasteiger charge is -2.35. The first-order valence-corrected chi connectivity index (χ1v) is 5.88. The van der Waals surface area contributed by atoms with E-state index in [2.05, 4.69) is 36.1 Å². The number of ether oxygens (including phenoxy) is 1. The van der Waals surface area contributed by atoms with Gasteiger partial charge in [0.05, 0.1) is 13.2 Å². The van der Waals surface area contributed by atoms with Crippen LogP contribution in [0.4, 0.5) is 5.69 Å². The minimum absolute atomic E-state index is 0. The number of nitrogens with two attached hydrogens (primary N) is 1. The zero-order valence-corrected chi connectivity index (χ0v) is 11.2. The molecule has 1 aliphatic heterocycles. The number of nitrogens with zero attached hydrogens (tertiary/aromatic N) is 1. The summed E-state index contributed by atoms with van der Waals surface area (Å²) in [6.07, 6.45) is 0. The van der Waals surface area contributed by atoms with E-state index >= 15 is 0 Å². The Balaban J connectivity index is 0.00000144. The van der Waals surface area contributed by atoms with E-state index in [9.17, 15) is 0 Å². The van der Waals surface area contributed by atoms with Gasteiger partial charge in [0.15, 0.2) is 0 Å². The van der Waals surface area contributed by atoms with Crippen molar-refractivity contribution in [2.45, 2.75) is 25.9 Å². The second kappa shape index (κ2) is 6.24. The Hall–Kier alpha value is -0.770. The Morgan fingerprint density at radius 1 is 1.35 bits per heavy atom. The molecule has 0 amide bonds. The molecule has 1 heterocycles. The van der Waals surface area contributed by atoms with Gasteiger partial charge in [-0.05, 0) is 31.5 Å². The van der Waals surface area contributed by atoms with Crippen LogP contribution >= 0.6 is 12.4 Å². The summed E-state index contributed by atoms with van der Waals surface area (Å²) >= 11 is 0. The Kier molecular flexibility index (Phi) is 5.25. The van der Waals surface area contributed by atoms with E-state index in [1.165, 1.54) is 11.3 Å². The van der Waals surface area contributed by atoms with Crippen LogP contribution in [0.3, 0.4) is 0 Å². The summed E-state index contributed by atoms with van der Waals surface area (Å²) in [5.74, 6) is 0. The van der Waals surface area contributed by atoms with Crippen molar-refractivity contribution in [3.8, 4) is 0 Å². The smallest absolute Gasteiger partial charge is 0.0668 e. The molecule has 2 rings (SSSR count). The van der Waals surface area contributed by atoms with Crippen molar-refractivity contribution in [2.75, 3.05) is 24.7 Å². The third-order valence-corrected chi connectivity index (χ3v) is 3.12. The van der Waals surface area contributed by atoms with Crippen molar-refractivity contribution in [2.24, 2.45) is 5.73 Å². The lowest BCUT2D eigenvalue weighted by Crippen LogP contribution is -2.43. The van der Waals surface area contributed by atoms with E-state index in [0.717, 1.165) is 19.8 Å². The summed E-state index contributed by atoms with van der Waals surface area (Å²) in [6, 6.07) is 9.09. The highest BCUT2D eigenvalue weighted by Gasteiger charge is 2.18. The minimum atomic E-state index is 0. The molecule has 1 aliphatic rings. The van der Waals surface area contributed by atoms with Crippen LogP contribution in [0.5, 0.6) is 0 Å². The molecule has 96 valence electrons. The van der Waals surface area contributed by atoms with E-state index < -0.39 is 0 Å². The fourth-order valence-corrected chi connectivity index (χ4v) is 2.08. The molecule has 17 heavy (non-hydrogen) atoms. The zero-order chi connectivity index (χ0) is 11.5. The van der Waals surface area contributed by atoms with E-state index in [4.69, 9.17) is 10.5 Å². The average molecular weight is 257 g/mol. The van der Waals surface area contributed by atoms with Crippen LogP contribution in [0, 0.1) is 0 Å². The van der Waals surface area contributed by atoms with Gasteiger partial charge < -0.3 is 15.4 Å². The van der Waals surface area contributed by atoms with E-state index in [-0.39, 0.29) is 18.4 Å². The molecule has 0 spiro atoms. The van der Waals surface area contributed by atoms with Gasteiger partial charge in [-0.25, -0.2) is 0 Å². The Morgan fingerprint density at radius 2 is 2.00 bits per heavy atom. The molecule has 1 saturated heterocycles. The monoisotopic (exact) mass is 256 g/mol. The third kappa shape index (κ3) is 3.35. The molecule has 2 N–H and O–H groups in total. The van der Waals surface area contributed by atoms with Crippen LogP contribution in [0.1, 0.15) is 25.5 Å². The zero-order valence-electron chi connectivity index (χ0n) is 10.4. The van der Waals surface area contributed by atoms with E-state index in [0.29, 0.717) is 6.04 Å². The number of morpholine rings is 1. The van der Waals surface area contributed by atoms with Crippen LogP contribution in [0.15, 0.2) is 24.3 Å². The largest absolute Gasteiger partial charge is 0.377 e. The summed E-state index contributed by atoms with van der Waals surface area (Å²) in [5.41, 5.74) is 8.28. The lowest BCUT2D eigenvalue weighted by molar-refractivity contribution is 0.0989. The van der Waals surface area contributed by atoms with Crippen LogP contribution < -0.4 is 10.6 Å². The van der Waals surface area contributed by atoms with Crippen LogP contribution in [0.2, 0.25) is 0 Å². The van der Waals surface area contributed by atoms with E-state index in [1.807, 2.05) is 6.92 Å². The van der Waals surface area contributed by atoms with Gasteiger partial charge in [-0.15, -0.1) is 12.4 Å². The molecule has 4 heteroatoms. The second-order valence-electron chi connectivity index (χ2n) is 4.50. The second-order valence-corrected chi connectivity index (χ2v) is 4.50. The predicted molar refractivity (Wildman–Crippen MR) is 73.9 cm³/mol. The topological polar surface area (TPSA) is 38.5 Å². The van der Waals surface area contributed by atoms with Gasteiger partial charge in [-0.2, -0.15) is 0 Å². The molecule has 0 bridgehead atoms. The normalized spacial score (nSPS) is 21.8. The van der Waals surface area contributed by atoms with Gasteiger partial charge in [-0.3, -0.25) is 0 Å². The van der Waals surface area contributed by atoms with Crippen molar-refractivity contribution in [3.63, 3.8) is 0 Å². The van der Waals surface area contributed by atoms with Gasteiger partial charge in [0.1, 0.15) is 0 Å². The molecule has 1 unspecified atom stereocenters. The number of hydrogen-bond acceptors (Lipinski definition) is 3. The maximum absolute atomic E-state index is 5.84. The van der Waals surface area contributed by atoms with Crippen LogP contribution in [-0.2, 0) is 4.74 Å². The summed E-state index contributed by atoms with van der Waals surface area (Å²) in [7, 11) is 0. The molecule has 0 aliphatic carbocycles. The first-order chi connectivity index (χ1) is 7.68. The number of benzene rings is 1. The van der Waals surface area contributed by atoms with Gasteiger partial charge in [0, 0.05) is 24.3 Å². The number of anilines is 1. The quantitative estimate of drug-likeness (QED) is 0.883. The van der Waals surface area contributed by atoms with Gasteiger partial charge in [-0.1, -0.05) is 12.1 Å². The summed E-state index contributed by atoms with van der Waals surface area (Å²) in [4.78, 5) is 2.38. The third-order valence-electron chi connectivity index (χ3n) is 3.12. The van der Waals surface area contributed by atoms with Gasteiger partial charge >= 0.3 is 0 Å². The highest BCUT2D eigenvalue weighted by Crippen LogP contribution is 2.21. The Bertz CT molecular complexity index is 340. The molecule has 1 aromatic rings. The van der Waals surface area contributed by atoms with E-state index in [1.54, 1.807) is 0 Å². The first-order valence-electron chi connectivity index (χ1n) is 5.88. The number of hydrogen-bond donors (Lipinski definition) is 1. The molecular formula is C13H21ClN2O. The molecule has 3 nitrogen and oxygen atoms in total. The minimum Gasteiger partial charge on any atom is -0.377 e. The summed E-state index contributed by atoms with van der Waals surface area (Å²) < 4.78 is 5.43. The number of rotatable bonds is 2.